The molecule has 1 aromatic heterocycles. The van der Waals surface area contributed by atoms with E-state index in [2.05, 4.69) is 16.4 Å². The molecule has 0 aliphatic heterocycles. The van der Waals surface area contributed by atoms with Crippen molar-refractivity contribution in [1.82, 2.24) is 4.98 Å². The van der Waals surface area contributed by atoms with Crippen molar-refractivity contribution >= 4 is 22.3 Å². The van der Waals surface area contributed by atoms with Gasteiger partial charge >= 0.3 is 0 Å². The second-order valence-corrected chi connectivity index (χ2v) is 4.92. The molecule has 0 spiro atoms. The minimum atomic E-state index is 0.159. The smallest absolute Gasteiger partial charge is 0.124 e. The van der Waals surface area contributed by atoms with Crippen LogP contribution in [0.3, 0.4) is 0 Å². The molecule has 4 heteroatoms. The summed E-state index contributed by atoms with van der Waals surface area (Å²) >= 11 is 0. The van der Waals surface area contributed by atoms with Gasteiger partial charge in [-0.2, -0.15) is 0 Å². The zero-order chi connectivity index (χ0) is 14.8. The summed E-state index contributed by atoms with van der Waals surface area (Å²) in [5, 5.41) is 14.1. The van der Waals surface area contributed by atoms with Crippen molar-refractivity contribution in [2.75, 3.05) is 12.4 Å². The molecule has 0 saturated carbocycles. The maximum absolute atomic E-state index is 9.73. The van der Waals surface area contributed by atoms with E-state index in [4.69, 9.17) is 4.74 Å². The maximum atomic E-state index is 9.73. The fourth-order valence-electron chi connectivity index (χ4n) is 2.30. The van der Waals surface area contributed by atoms with Crippen LogP contribution >= 0.6 is 0 Å². The van der Waals surface area contributed by atoms with Crippen LogP contribution in [-0.2, 0) is 0 Å². The fourth-order valence-corrected chi connectivity index (χ4v) is 2.30. The van der Waals surface area contributed by atoms with Gasteiger partial charge in [0.05, 0.1) is 12.6 Å². The lowest BCUT2D eigenvalue weighted by Crippen LogP contribution is -1.94. The molecule has 2 N–H and O–H groups in total. The third-order valence-electron chi connectivity index (χ3n) is 3.30. The molecule has 0 aliphatic rings. The number of benzene rings is 2. The summed E-state index contributed by atoms with van der Waals surface area (Å²) in [6, 6.07) is 13.1. The summed E-state index contributed by atoms with van der Waals surface area (Å²) in [6.07, 6.45) is 1.76. The molecular formula is C17H16N2O2. The summed E-state index contributed by atoms with van der Waals surface area (Å²) in [5.74, 6) is 0.762. The predicted molar refractivity (Wildman–Crippen MR) is 84.4 cm³/mol. The Morgan fingerprint density at radius 3 is 2.76 bits per heavy atom. The molecule has 0 radical (unpaired) electrons. The number of hydrogen-bond donors (Lipinski definition) is 2. The van der Waals surface area contributed by atoms with Crippen LogP contribution in [0.25, 0.3) is 10.9 Å². The highest BCUT2D eigenvalue weighted by atomic mass is 16.5. The Morgan fingerprint density at radius 2 is 1.95 bits per heavy atom. The van der Waals surface area contributed by atoms with E-state index in [1.807, 2.05) is 31.2 Å². The predicted octanol–water partition coefficient (Wildman–Crippen LogP) is 4.00. The van der Waals surface area contributed by atoms with E-state index in [1.54, 1.807) is 25.4 Å². The van der Waals surface area contributed by atoms with Crippen LogP contribution in [0.1, 0.15) is 5.56 Å². The first-order chi connectivity index (χ1) is 10.2. The molecule has 1 heterocycles. The van der Waals surface area contributed by atoms with E-state index in [-0.39, 0.29) is 5.75 Å². The second-order valence-electron chi connectivity index (χ2n) is 4.92. The molecular weight excluding hydrogens is 264 g/mol. The number of nitrogens with zero attached hydrogens (tertiary/aromatic N) is 1. The number of pyridine rings is 1. The fraction of sp³-hybridized carbons (Fsp3) is 0.118. The molecule has 0 fully saturated rings. The van der Waals surface area contributed by atoms with Crippen molar-refractivity contribution in [3.05, 3.63) is 54.2 Å². The number of phenolic OH excluding ortho intramolecular Hbond substituents is 1. The zero-order valence-electron chi connectivity index (χ0n) is 11.9. The van der Waals surface area contributed by atoms with Gasteiger partial charge < -0.3 is 15.2 Å². The molecule has 3 aromatic rings. The van der Waals surface area contributed by atoms with E-state index >= 15 is 0 Å². The van der Waals surface area contributed by atoms with Gasteiger partial charge in [0.2, 0.25) is 0 Å². The van der Waals surface area contributed by atoms with Gasteiger partial charge in [0, 0.05) is 41.2 Å². The first-order valence-electron chi connectivity index (χ1n) is 6.66. The van der Waals surface area contributed by atoms with Crippen LogP contribution in [0.15, 0.2) is 48.7 Å². The molecule has 3 rings (SSSR count). The lowest BCUT2D eigenvalue weighted by Gasteiger charge is -2.11. The highest BCUT2D eigenvalue weighted by Gasteiger charge is 2.05. The number of aryl methyl sites for hydroxylation is 1. The third-order valence-corrected chi connectivity index (χ3v) is 3.30. The molecule has 21 heavy (non-hydrogen) atoms. The number of fused-ring (bicyclic) bond motifs is 1. The number of hydrogen-bond acceptors (Lipinski definition) is 4. The second kappa shape index (κ2) is 5.32. The van der Waals surface area contributed by atoms with Gasteiger partial charge in [0.25, 0.3) is 0 Å². The Bertz CT molecular complexity index is 800. The van der Waals surface area contributed by atoms with Crippen LogP contribution in [-0.4, -0.2) is 17.2 Å². The zero-order valence-corrected chi connectivity index (χ0v) is 11.9. The largest absolute Gasteiger partial charge is 0.508 e. The molecule has 106 valence electrons. The Balaban J connectivity index is 2.05. The molecule has 0 unspecified atom stereocenters. The molecule has 0 atom stereocenters. The summed E-state index contributed by atoms with van der Waals surface area (Å²) in [5.41, 5.74) is 3.81. The van der Waals surface area contributed by atoms with Gasteiger partial charge in [-0.1, -0.05) is 11.6 Å². The van der Waals surface area contributed by atoms with E-state index < -0.39 is 0 Å². The summed E-state index contributed by atoms with van der Waals surface area (Å²) in [7, 11) is 1.57. The van der Waals surface area contributed by atoms with Crippen molar-refractivity contribution < 1.29 is 9.84 Å². The number of ether oxygens (including phenoxy) is 1. The van der Waals surface area contributed by atoms with Gasteiger partial charge in [0.1, 0.15) is 11.5 Å². The van der Waals surface area contributed by atoms with Crippen LogP contribution in [0.2, 0.25) is 0 Å². The van der Waals surface area contributed by atoms with Crippen LogP contribution in [0, 0.1) is 6.92 Å². The van der Waals surface area contributed by atoms with Gasteiger partial charge in [-0.25, -0.2) is 0 Å². The standard InChI is InChI=1S/C17H16N2O2/c1-11-3-4-16-15(7-11)17(5-6-18-16)19-12-8-13(20)10-14(9-12)21-2/h3-10,20H,1-2H3,(H,18,19). The molecule has 0 amide bonds. The van der Waals surface area contributed by atoms with Crippen molar-refractivity contribution in [1.29, 1.82) is 0 Å². The van der Waals surface area contributed by atoms with Crippen LogP contribution < -0.4 is 10.1 Å². The lowest BCUT2D eigenvalue weighted by atomic mass is 10.1. The monoisotopic (exact) mass is 280 g/mol. The first-order valence-corrected chi connectivity index (χ1v) is 6.66. The van der Waals surface area contributed by atoms with Gasteiger partial charge in [-0.05, 0) is 25.1 Å². The van der Waals surface area contributed by atoms with E-state index in [0.29, 0.717) is 5.75 Å². The third kappa shape index (κ3) is 2.74. The Kier molecular flexibility index (Phi) is 3.36. The lowest BCUT2D eigenvalue weighted by molar-refractivity contribution is 0.408. The minimum absolute atomic E-state index is 0.159. The molecule has 2 aromatic carbocycles. The number of aromatic nitrogens is 1. The Labute approximate surface area is 123 Å². The number of aromatic hydroxyl groups is 1. The molecule has 0 bridgehead atoms. The number of nitrogens with one attached hydrogen (secondary N) is 1. The molecule has 4 nitrogen and oxygen atoms in total. The summed E-state index contributed by atoms with van der Waals surface area (Å²) < 4.78 is 5.17. The van der Waals surface area contributed by atoms with E-state index in [0.717, 1.165) is 22.3 Å². The Hall–Kier alpha value is -2.75. The molecule has 0 saturated heterocycles. The van der Waals surface area contributed by atoms with Gasteiger partial charge in [-0.15, -0.1) is 0 Å². The van der Waals surface area contributed by atoms with Crippen molar-refractivity contribution in [3.8, 4) is 11.5 Å². The van der Waals surface area contributed by atoms with Crippen molar-refractivity contribution in [2.45, 2.75) is 6.92 Å². The van der Waals surface area contributed by atoms with Crippen LogP contribution in [0.4, 0.5) is 11.4 Å². The SMILES string of the molecule is COc1cc(O)cc(Nc2ccnc3ccc(C)cc23)c1. The minimum Gasteiger partial charge on any atom is -0.508 e. The first kappa shape index (κ1) is 13.2. The van der Waals surface area contributed by atoms with Gasteiger partial charge in [-0.3, -0.25) is 4.98 Å². The van der Waals surface area contributed by atoms with Crippen molar-refractivity contribution in [2.24, 2.45) is 0 Å². The number of methoxy groups -OCH3 is 1. The number of anilines is 2. The van der Waals surface area contributed by atoms with Gasteiger partial charge in [0.15, 0.2) is 0 Å². The highest BCUT2D eigenvalue weighted by Crippen LogP contribution is 2.30. The average molecular weight is 280 g/mol. The van der Waals surface area contributed by atoms with Crippen LogP contribution in [0.5, 0.6) is 11.5 Å². The average Bonchev–Trinajstić information content (AvgIpc) is 2.47. The maximum Gasteiger partial charge on any atom is 0.124 e. The molecule has 0 aliphatic carbocycles. The normalized spacial score (nSPS) is 10.6. The van der Waals surface area contributed by atoms with E-state index in [1.165, 1.54) is 5.56 Å². The summed E-state index contributed by atoms with van der Waals surface area (Å²) in [4.78, 5) is 4.36. The number of rotatable bonds is 3. The Morgan fingerprint density at radius 1 is 1.10 bits per heavy atom. The topological polar surface area (TPSA) is 54.4 Å². The summed E-state index contributed by atoms with van der Waals surface area (Å²) in [6.45, 7) is 2.05. The highest BCUT2D eigenvalue weighted by molar-refractivity contribution is 5.93. The van der Waals surface area contributed by atoms with Crippen molar-refractivity contribution in [3.63, 3.8) is 0 Å². The number of phenols is 1. The van der Waals surface area contributed by atoms with E-state index in [9.17, 15) is 5.11 Å². The quantitative estimate of drug-likeness (QED) is 0.761.